The number of carbonyl (C=O) groups is 4. The van der Waals surface area contributed by atoms with Crippen LogP contribution in [0.15, 0.2) is 18.2 Å². The van der Waals surface area contributed by atoms with Gasteiger partial charge in [0.2, 0.25) is 5.91 Å². The van der Waals surface area contributed by atoms with Gasteiger partial charge in [-0.15, -0.1) is 0 Å². The molecule has 6 amide bonds. The van der Waals surface area contributed by atoms with E-state index < -0.39 is 36.0 Å². The number of urea groups is 2. The SMILES string of the molecule is CCCNC(=O)NC(=O)CN1C(=O)N[C@](C)(c2ccc3c(c2)CCC3)C1=O. The Labute approximate surface area is 157 Å². The monoisotopic (exact) mass is 372 g/mol. The van der Waals surface area contributed by atoms with Crippen LogP contribution in [0, 0.1) is 0 Å². The maximum Gasteiger partial charge on any atom is 0.325 e. The van der Waals surface area contributed by atoms with Crippen molar-refractivity contribution in [3.8, 4) is 0 Å². The second kappa shape index (κ2) is 7.38. The van der Waals surface area contributed by atoms with Crippen LogP contribution >= 0.6 is 0 Å². The third-order valence-electron chi connectivity index (χ3n) is 5.04. The number of amides is 6. The van der Waals surface area contributed by atoms with E-state index in [1.807, 2.05) is 25.1 Å². The smallest absolute Gasteiger partial charge is 0.325 e. The van der Waals surface area contributed by atoms with Crippen LogP contribution in [0.3, 0.4) is 0 Å². The van der Waals surface area contributed by atoms with Gasteiger partial charge in [0.15, 0.2) is 0 Å². The van der Waals surface area contributed by atoms with Gasteiger partial charge in [0, 0.05) is 6.54 Å². The predicted molar refractivity (Wildman–Crippen MR) is 97.9 cm³/mol. The van der Waals surface area contributed by atoms with Gasteiger partial charge >= 0.3 is 12.1 Å². The van der Waals surface area contributed by atoms with Gasteiger partial charge in [-0.3, -0.25) is 19.8 Å². The van der Waals surface area contributed by atoms with Crippen molar-refractivity contribution in [2.24, 2.45) is 0 Å². The Morgan fingerprint density at radius 2 is 1.96 bits per heavy atom. The molecule has 1 aromatic carbocycles. The zero-order chi connectivity index (χ0) is 19.6. The number of benzene rings is 1. The van der Waals surface area contributed by atoms with Crippen molar-refractivity contribution in [2.45, 2.75) is 45.1 Å². The number of carbonyl (C=O) groups excluding carboxylic acids is 4. The van der Waals surface area contributed by atoms with Gasteiger partial charge < -0.3 is 10.6 Å². The average Bonchev–Trinajstić information content (AvgIpc) is 3.18. The molecular weight excluding hydrogens is 348 g/mol. The Balaban J connectivity index is 1.71. The number of imide groups is 2. The van der Waals surface area contributed by atoms with Crippen LogP contribution < -0.4 is 16.0 Å². The Bertz CT molecular complexity index is 807. The summed E-state index contributed by atoms with van der Waals surface area (Å²) in [6, 6.07) is 4.52. The summed E-state index contributed by atoms with van der Waals surface area (Å²) >= 11 is 0. The third-order valence-corrected chi connectivity index (χ3v) is 5.04. The molecule has 27 heavy (non-hydrogen) atoms. The molecule has 0 spiro atoms. The zero-order valence-corrected chi connectivity index (χ0v) is 15.6. The summed E-state index contributed by atoms with van der Waals surface area (Å²) in [5.41, 5.74) is 1.94. The number of nitrogens with zero attached hydrogens (tertiary/aromatic N) is 1. The molecule has 1 aromatic rings. The van der Waals surface area contributed by atoms with Crippen LogP contribution in [0.5, 0.6) is 0 Å². The van der Waals surface area contributed by atoms with Gasteiger partial charge in [-0.2, -0.15) is 0 Å². The van der Waals surface area contributed by atoms with Crippen molar-refractivity contribution < 1.29 is 19.2 Å². The molecule has 144 valence electrons. The minimum atomic E-state index is -1.22. The first-order valence-electron chi connectivity index (χ1n) is 9.19. The second-order valence-corrected chi connectivity index (χ2v) is 7.09. The van der Waals surface area contributed by atoms with Gasteiger partial charge in [-0.25, -0.2) is 9.59 Å². The normalized spacial score (nSPS) is 21.0. The Hall–Kier alpha value is -2.90. The Morgan fingerprint density at radius 1 is 1.22 bits per heavy atom. The molecule has 1 fully saturated rings. The van der Waals surface area contributed by atoms with Gasteiger partial charge in [0.1, 0.15) is 12.1 Å². The molecule has 0 radical (unpaired) electrons. The summed E-state index contributed by atoms with van der Waals surface area (Å²) in [5, 5.41) is 7.31. The topological polar surface area (TPSA) is 108 Å². The van der Waals surface area contributed by atoms with Crippen molar-refractivity contribution in [3.63, 3.8) is 0 Å². The lowest BCUT2D eigenvalue weighted by molar-refractivity contribution is -0.134. The summed E-state index contributed by atoms with van der Waals surface area (Å²) in [6.45, 7) is 3.44. The molecule has 0 aromatic heterocycles. The van der Waals surface area contributed by atoms with Crippen molar-refractivity contribution in [3.05, 3.63) is 34.9 Å². The van der Waals surface area contributed by atoms with Crippen LogP contribution in [-0.2, 0) is 28.0 Å². The lowest BCUT2D eigenvalue weighted by atomic mass is 9.89. The van der Waals surface area contributed by atoms with Crippen molar-refractivity contribution in [1.82, 2.24) is 20.9 Å². The lowest BCUT2D eigenvalue weighted by Gasteiger charge is -2.23. The first-order chi connectivity index (χ1) is 12.8. The molecule has 1 saturated heterocycles. The predicted octanol–water partition coefficient (Wildman–Crippen LogP) is 1.18. The van der Waals surface area contributed by atoms with E-state index in [2.05, 4.69) is 16.0 Å². The summed E-state index contributed by atoms with van der Waals surface area (Å²) in [4.78, 5) is 49.6. The highest BCUT2D eigenvalue weighted by Crippen LogP contribution is 2.32. The van der Waals surface area contributed by atoms with Crippen LogP contribution in [0.1, 0.15) is 43.4 Å². The second-order valence-electron chi connectivity index (χ2n) is 7.09. The summed E-state index contributed by atoms with van der Waals surface area (Å²) < 4.78 is 0. The summed E-state index contributed by atoms with van der Waals surface area (Å²) in [6.07, 6.45) is 3.80. The molecule has 1 aliphatic heterocycles. The molecule has 0 unspecified atom stereocenters. The van der Waals surface area contributed by atoms with Crippen molar-refractivity contribution in [2.75, 3.05) is 13.1 Å². The standard InChI is InChI=1S/C19H24N4O4/c1-3-9-20-17(26)21-15(24)11-23-16(25)19(2,22-18(23)27)14-8-7-12-5-4-6-13(12)10-14/h7-8,10H,3-6,9,11H2,1-2H3,(H,22,27)(H2,20,21,24,26)/t19-/m1/s1. The van der Waals surface area contributed by atoms with Gasteiger partial charge in [-0.1, -0.05) is 25.1 Å². The number of hydrogen-bond acceptors (Lipinski definition) is 4. The van der Waals surface area contributed by atoms with E-state index >= 15 is 0 Å². The largest absolute Gasteiger partial charge is 0.338 e. The van der Waals surface area contributed by atoms with E-state index in [0.717, 1.165) is 30.6 Å². The molecule has 3 rings (SSSR count). The van der Waals surface area contributed by atoms with Crippen molar-refractivity contribution >= 4 is 23.9 Å². The Kier molecular flexibility index (Phi) is 5.16. The van der Waals surface area contributed by atoms with Crippen molar-refractivity contribution in [1.29, 1.82) is 0 Å². The first-order valence-corrected chi connectivity index (χ1v) is 9.19. The molecule has 0 saturated carbocycles. The maximum atomic E-state index is 12.9. The molecule has 0 bridgehead atoms. The maximum absolute atomic E-state index is 12.9. The quantitative estimate of drug-likeness (QED) is 0.675. The third kappa shape index (κ3) is 3.65. The number of nitrogens with one attached hydrogen (secondary N) is 3. The Morgan fingerprint density at radius 3 is 2.70 bits per heavy atom. The molecule has 1 heterocycles. The van der Waals surface area contributed by atoms with E-state index in [0.29, 0.717) is 12.1 Å². The van der Waals surface area contributed by atoms with Crippen LogP contribution in [-0.4, -0.2) is 41.9 Å². The van der Waals surface area contributed by atoms with E-state index in [9.17, 15) is 19.2 Å². The number of fused-ring (bicyclic) bond motifs is 1. The number of rotatable bonds is 5. The van der Waals surface area contributed by atoms with E-state index in [4.69, 9.17) is 0 Å². The summed E-state index contributed by atoms with van der Waals surface area (Å²) in [5.74, 6) is -1.22. The van der Waals surface area contributed by atoms with E-state index in [-0.39, 0.29) is 0 Å². The van der Waals surface area contributed by atoms with Crippen LogP contribution in [0.25, 0.3) is 0 Å². The highest BCUT2D eigenvalue weighted by atomic mass is 16.2. The fraction of sp³-hybridized carbons (Fsp3) is 0.474. The highest BCUT2D eigenvalue weighted by molar-refractivity contribution is 6.10. The minimum Gasteiger partial charge on any atom is -0.338 e. The fourth-order valence-electron chi connectivity index (χ4n) is 3.51. The molecule has 8 heteroatoms. The number of aryl methyl sites for hydroxylation is 2. The minimum absolute atomic E-state index is 0.429. The number of hydrogen-bond donors (Lipinski definition) is 3. The lowest BCUT2D eigenvalue weighted by Crippen LogP contribution is -2.47. The fourth-order valence-corrected chi connectivity index (χ4v) is 3.51. The first kappa shape index (κ1) is 18.9. The molecule has 2 aliphatic rings. The molecule has 3 N–H and O–H groups in total. The molecular formula is C19H24N4O4. The van der Waals surface area contributed by atoms with Gasteiger partial charge in [0.05, 0.1) is 0 Å². The molecule has 8 nitrogen and oxygen atoms in total. The van der Waals surface area contributed by atoms with Gasteiger partial charge in [0.25, 0.3) is 5.91 Å². The zero-order valence-electron chi connectivity index (χ0n) is 15.6. The highest BCUT2D eigenvalue weighted by Gasteiger charge is 2.49. The molecule has 1 aliphatic carbocycles. The van der Waals surface area contributed by atoms with Crippen LogP contribution in [0.4, 0.5) is 9.59 Å². The van der Waals surface area contributed by atoms with E-state index in [1.54, 1.807) is 6.92 Å². The van der Waals surface area contributed by atoms with Gasteiger partial charge in [-0.05, 0) is 49.3 Å². The van der Waals surface area contributed by atoms with E-state index in [1.165, 1.54) is 11.1 Å². The van der Waals surface area contributed by atoms with Crippen LogP contribution in [0.2, 0.25) is 0 Å². The average molecular weight is 372 g/mol. The summed E-state index contributed by atoms with van der Waals surface area (Å²) in [7, 11) is 0. The molecule has 1 atom stereocenters.